The summed E-state index contributed by atoms with van der Waals surface area (Å²) in [5.74, 6) is 3.57. The minimum absolute atomic E-state index is 0.667. The summed E-state index contributed by atoms with van der Waals surface area (Å²) < 4.78 is 11.2. The molecule has 0 atom stereocenters. The summed E-state index contributed by atoms with van der Waals surface area (Å²) in [6, 6.07) is 6.87. The first-order chi connectivity index (χ1) is 9.83. The van der Waals surface area contributed by atoms with Crippen LogP contribution in [-0.4, -0.2) is 19.8 Å². The molecule has 110 valence electrons. The number of para-hydroxylation sites is 1. The van der Waals surface area contributed by atoms with Crippen molar-refractivity contribution in [3.8, 4) is 11.5 Å². The van der Waals surface area contributed by atoms with E-state index in [1.807, 2.05) is 19.1 Å². The topological polar surface area (TPSA) is 30.5 Å². The van der Waals surface area contributed by atoms with Crippen LogP contribution in [0.5, 0.6) is 11.5 Å². The summed E-state index contributed by atoms with van der Waals surface area (Å²) in [6.45, 7) is 3.54. The molecule has 0 radical (unpaired) electrons. The van der Waals surface area contributed by atoms with Crippen LogP contribution >= 0.6 is 0 Å². The molecule has 1 aromatic rings. The van der Waals surface area contributed by atoms with Gasteiger partial charge >= 0.3 is 0 Å². The van der Waals surface area contributed by atoms with Crippen LogP contribution in [0.1, 0.15) is 38.2 Å². The Kier molecular flexibility index (Phi) is 4.16. The zero-order chi connectivity index (χ0) is 13.9. The molecule has 1 aromatic carbocycles. The van der Waals surface area contributed by atoms with Crippen LogP contribution in [0.25, 0.3) is 0 Å². The number of hydrogen-bond donors (Lipinski definition) is 1. The maximum absolute atomic E-state index is 5.64. The molecular formula is C17H25NO2. The molecule has 2 saturated carbocycles. The molecule has 3 nitrogen and oxygen atoms in total. The van der Waals surface area contributed by atoms with E-state index in [2.05, 4.69) is 11.4 Å². The van der Waals surface area contributed by atoms with E-state index in [1.165, 1.54) is 31.2 Å². The van der Waals surface area contributed by atoms with Crippen molar-refractivity contribution in [3.63, 3.8) is 0 Å². The maximum atomic E-state index is 5.64. The molecule has 0 aromatic heterocycles. The van der Waals surface area contributed by atoms with E-state index < -0.39 is 0 Å². The second-order valence-corrected chi connectivity index (χ2v) is 5.96. The van der Waals surface area contributed by atoms with Gasteiger partial charge in [-0.15, -0.1) is 0 Å². The Morgan fingerprint density at radius 1 is 1.20 bits per heavy atom. The normalized spacial score (nSPS) is 18.4. The molecule has 0 spiro atoms. The first-order valence-corrected chi connectivity index (χ1v) is 7.85. The van der Waals surface area contributed by atoms with Crippen molar-refractivity contribution in [2.75, 3.05) is 13.7 Å². The SMILES string of the molecule is CCOc1cccc(CNC(C2CC2)C2CC2)c1OC. The van der Waals surface area contributed by atoms with Gasteiger partial charge in [-0.25, -0.2) is 0 Å². The second-order valence-electron chi connectivity index (χ2n) is 5.96. The molecule has 3 rings (SSSR count). The van der Waals surface area contributed by atoms with Crippen molar-refractivity contribution < 1.29 is 9.47 Å². The van der Waals surface area contributed by atoms with Gasteiger partial charge in [-0.1, -0.05) is 12.1 Å². The zero-order valence-electron chi connectivity index (χ0n) is 12.5. The highest BCUT2D eigenvalue weighted by Crippen LogP contribution is 2.44. The van der Waals surface area contributed by atoms with Crippen LogP contribution in [0.3, 0.4) is 0 Å². The molecule has 0 unspecified atom stereocenters. The lowest BCUT2D eigenvalue weighted by Crippen LogP contribution is -2.32. The first-order valence-electron chi connectivity index (χ1n) is 7.85. The standard InChI is InChI=1S/C17H25NO2/c1-3-20-15-6-4-5-14(17(15)19-2)11-18-16(12-7-8-12)13-9-10-13/h4-6,12-13,16,18H,3,7-11H2,1-2H3. The van der Waals surface area contributed by atoms with Crippen molar-refractivity contribution in [3.05, 3.63) is 23.8 Å². The van der Waals surface area contributed by atoms with Crippen molar-refractivity contribution in [2.24, 2.45) is 11.8 Å². The summed E-state index contributed by atoms with van der Waals surface area (Å²) >= 11 is 0. The van der Waals surface area contributed by atoms with Crippen molar-refractivity contribution >= 4 is 0 Å². The van der Waals surface area contributed by atoms with Gasteiger partial charge in [0.15, 0.2) is 11.5 Å². The minimum Gasteiger partial charge on any atom is -0.493 e. The summed E-state index contributed by atoms with van der Waals surface area (Å²) in [6.07, 6.45) is 5.63. The highest BCUT2D eigenvalue weighted by Gasteiger charge is 2.41. The van der Waals surface area contributed by atoms with Crippen LogP contribution in [0, 0.1) is 11.8 Å². The summed E-state index contributed by atoms with van der Waals surface area (Å²) in [5, 5.41) is 3.77. The summed E-state index contributed by atoms with van der Waals surface area (Å²) in [4.78, 5) is 0. The predicted octanol–water partition coefficient (Wildman–Crippen LogP) is 3.37. The highest BCUT2D eigenvalue weighted by atomic mass is 16.5. The van der Waals surface area contributed by atoms with E-state index in [1.54, 1.807) is 7.11 Å². The van der Waals surface area contributed by atoms with Gasteiger partial charge in [-0.2, -0.15) is 0 Å². The average Bonchev–Trinajstić information content (AvgIpc) is 3.33. The zero-order valence-corrected chi connectivity index (χ0v) is 12.5. The minimum atomic E-state index is 0.667. The largest absolute Gasteiger partial charge is 0.493 e. The quantitative estimate of drug-likeness (QED) is 0.789. The third kappa shape index (κ3) is 3.09. The van der Waals surface area contributed by atoms with E-state index >= 15 is 0 Å². The summed E-state index contributed by atoms with van der Waals surface area (Å²) in [7, 11) is 1.72. The molecular weight excluding hydrogens is 250 g/mol. The predicted molar refractivity (Wildman–Crippen MR) is 80.2 cm³/mol. The van der Waals surface area contributed by atoms with Gasteiger partial charge in [0.2, 0.25) is 0 Å². The molecule has 2 aliphatic rings. The Bertz CT molecular complexity index is 440. The molecule has 0 heterocycles. The highest BCUT2D eigenvalue weighted by molar-refractivity contribution is 5.46. The fraction of sp³-hybridized carbons (Fsp3) is 0.647. The van der Waals surface area contributed by atoms with Gasteiger partial charge in [0.05, 0.1) is 13.7 Å². The van der Waals surface area contributed by atoms with Gasteiger partial charge < -0.3 is 14.8 Å². The fourth-order valence-electron chi connectivity index (χ4n) is 3.06. The Hall–Kier alpha value is -1.22. The van der Waals surface area contributed by atoms with Crippen molar-refractivity contribution in [1.29, 1.82) is 0 Å². The average molecular weight is 275 g/mol. The van der Waals surface area contributed by atoms with E-state index in [0.29, 0.717) is 6.61 Å². The number of hydrogen-bond acceptors (Lipinski definition) is 3. The van der Waals surface area contributed by atoms with E-state index in [-0.39, 0.29) is 0 Å². The van der Waals surface area contributed by atoms with Gasteiger partial charge in [-0.05, 0) is 50.5 Å². The lowest BCUT2D eigenvalue weighted by molar-refractivity contribution is 0.307. The first kappa shape index (κ1) is 13.7. The smallest absolute Gasteiger partial charge is 0.165 e. The van der Waals surface area contributed by atoms with Gasteiger partial charge in [0.1, 0.15) is 0 Å². The van der Waals surface area contributed by atoms with Gasteiger partial charge in [0, 0.05) is 18.2 Å². The van der Waals surface area contributed by atoms with E-state index in [4.69, 9.17) is 9.47 Å². The molecule has 0 saturated heterocycles. The van der Waals surface area contributed by atoms with Gasteiger partial charge in [-0.3, -0.25) is 0 Å². The van der Waals surface area contributed by atoms with Crippen LogP contribution in [-0.2, 0) is 6.54 Å². The maximum Gasteiger partial charge on any atom is 0.165 e. The lowest BCUT2D eigenvalue weighted by atomic mass is 10.1. The third-order valence-corrected chi connectivity index (χ3v) is 4.35. The molecule has 1 N–H and O–H groups in total. The molecule has 0 aliphatic heterocycles. The fourth-order valence-corrected chi connectivity index (χ4v) is 3.06. The Morgan fingerprint density at radius 2 is 1.90 bits per heavy atom. The molecule has 0 amide bonds. The Morgan fingerprint density at radius 3 is 2.45 bits per heavy atom. The van der Waals surface area contributed by atoms with Crippen LogP contribution in [0.4, 0.5) is 0 Å². The Balaban J connectivity index is 1.67. The van der Waals surface area contributed by atoms with Crippen LogP contribution < -0.4 is 14.8 Å². The van der Waals surface area contributed by atoms with Crippen LogP contribution in [0.2, 0.25) is 0 Å². The molecule has 20 heavy (non-hydrogen) atoms. The second kappa shape index (κ2) is 6.04. The summed E-state index contributed by atoms with van der Waals surface area (Å²) in [5.41, 5.74) is 1.20. The molecule has 3 heteroatoms. The van der Waals surface area contributed by atoms with Gasteiger partial charge in [0.25, 0.3) is 0 Å². The third-order valence-electron chi connectivity index (χ3n) is 4.35. The molecule has 0 bridgehead atoms. The monoisotopic (exact) mass is 275 g/mol. The Labute approximate surface area is 121 Å². The van der Waals surface area contributed by atoms with Crippen LogP contribution in [0.15, 0.2) is 18.2 Å². The van der Waals surface area contributed by atoms with E-state index in [9.17, 15) is 0 Å². The number of methoxy groups -OCH3 is 1. The lowest BCUT2D eigenvalue weighted by Gasteiger charge is -2.19. The molecule has 2 aliphatic carbocycles. The molecule has 2 fully saturated rings. The number of ether oxygens (including phenoxy) is 2. The number of rotatable bonds is 8. The number of benzene rings is 1. The van der Waals surface area contributed by atoms with E-state index in [0.717, 1.165) is 35.9 Å². The number of nitrogens with one attached hydrogen (secondary N) is 1. The van der Waals surface area contributed by atoms with Crippen molar-refractivity contribution in [1.82, 2.24) is 5.32 Å². The van der Waals surface area contributed by atoms with Crippen molar-refractivity contribution in [2.45, 2.75) is 45.2 Å².